The number of unbranched alkanes of at least 4 members (excludes halogenated alkanes) is 1. The molecule has 2 atom stereocenters. The van der Waals surface area contributed by atoms with Crippen molar-refractivity contribution in [3.63, 3.8) is 0 Å². The molecule has 4 rings (SSSR count). The number of amides is 1. The van der Waals surface area contributed by atoms with Crippen LogP contribution in [0.3, 0.4) is 0 Å². The number of nitrogens with zero attached hydrogens (tertiary/aromatic N) is 1. The molecule has 0 aromatic heterocycles. The summed E-state index contributed by atoms with van der Waals surface area (Å²) in [6.45, 7) is 5.46. The number of benzene rings is 2. The molecule has 1 fully saturated rings. The quantitative estimate of drug-likeness (QED) is 0.231. The fourth-order valence-electron chi connectivity index (χ4n) is 4.67. The van der Waals surface area contributed by atoms with Crippen molar-refractivity contribution in [3.05, 3.63) is 64.7 Å². The van der Waals surface area contributed by atoms with Gasteiger partial charge >= 0.3 is 0 Å². The predicted octanol–water partition coefficient (Wildman–Crippen LogP) is 4.65. The largest absolute Gasteiger partial charge is 0.507 e. The Bertz CT molecular complexity index is 1120. The average Bonchev–Trinajstić information content (AvgIpc) is 3.35. The van der Waals surface area contributed by atoms with Crippen LogP contribution in [0, 0.1) is 0 Å². The maximum Gasteiger partial charge on any atom is 0.295 e. The number of Topliss-reactive ketones (excluding diaryl/α,β-unsaturated/α-hetero) is 1. The fourth-order valence-corrected chi connectivity index (χ4v) is 4.67. The first kappa shape index (κ1) is 24.8. The second kappa shape index (κ2) is 11.0. The zero-order valence-corrected chi connectivity index (χ0v) is 20.6. The van der Waals surface area contributed by atoms with Crippen LogP contribution in [-0.2, 0) is 20.7 Å². The third-order valence-electron chi connectivity index (χ3n) is 6.40. The number of aliphatic hydroxyl groups is 1. The maximum atomic E-state index is 13.2. The second-order valence-corrected chi connectivity index (χ2v) is 9.07. The minimum Gasteiger partial charge on any atom is -0.507 e. The van der Waals surface area contributed by atoms with Gasteiger partial charge in [-0.2, -0.15) is 0 Å². The number of hydrogen-bond donors (Lipinski definition) is 1. The zero-order valence-electron chi connectivity index (χ0n) is 20.6. The van der Waals surface area contributed by atoms with E-state index in [0.29, 0.717) is 37.5 Å². The summed E-state index contributed by atoms with van der Waals surface area (Å²) >= 11 is 0. The van der Waals surface area contributed by atoms with E-state index < -0.39 is 17.7 Å². The minimum atomic E-state index is -0.718. The first-order valence-electron chi connectivity index (χ1n) is 12.2. The number of likely N-dealkylation sites (tertiary alicyclic amines) is 1. The fraction of sp³-hybridized carbons (Fsp3) is 0.429. The lowest BCUT2D eigenvalue weighted by atomic mass is 9.94. The van der Waals surface area contributed by atoms with E-state index in [1.54, 1.807) is 19.2 Å². The summed E-state index contributed by atoms with van der Waals surface area (Å²) in [5.41, 5.74) is 2.27. The van der Waals surface area contributed by atoms with Crippen molar-refractivity contribution in [2.75, 3.05) is 26.9 Å². The molecule has 1 saturated heterocycles. The molecule has 0 saturated carbocycles. The summed E-state index contributed by atoms with van der Waals surface area (Å²) in [6, 6.07) is 12.1. The van der Waals surface area contributed by atoms with Crippen molar-refractivity contribution >= 4 is 17.4 Å². The van der Waals surface area contributed by atoms with Crippen LogP contribution in [0.1, 0.15) is 55.8 Å². The third-order valence-corrected chi connectivity index (χ3v) is 6.40. The molecule has 0 spiro atoms. The normalized spacial score (nSPS) is 20.7. The van der Waals surface area contributed by atoms with Crippen molar-refractivity contribution in [3.8, 4) is 11.5 Å². The maximum absolute atomic E-state index is 13.2. The van der Waals surface area contributed by atoms with Gasteiger partial charge in [-0.3, -0.25) is 9.59 Å². The molecule has 186 valence electrons. The predicted molar refractivity (Wildman–Crippen MR) is 133 cm³/mol. The van der Waals surface area contributed by atoms with Gasteiger partial charge in [0.25, 0.3) is 11.7 Å². The number of aliphatic hydroxyl groups excluding tert-OH is 1. The molecular formula is C28H33NO6. The number of fused-ring (bicyclic) bond motifs is 1. The van der Waals surface area contributed by atoms with Gasteiger partial charge in [0.05, 0.1) is 18.2 Å². The Kier molecular flexibility index (Phi) is 7.76. The Morgan fingerprint density at radius 3 is 2.74 bits per heavy atom. The van der Waals surface area contributed by atoms with Crippen molar-refractivity contribution in [1.82, 2.24) is 4.90 Å². The lowest BCUT2D eigenvalue weighted by molar-refractivity contribution is -0.140. The highest BCUT2D eigenvalue weighted by molar-refractivity contribution is 6.46. The number of carbonyl (C=O) groups excluding carboxylic acids is 2. The van der Waals surface area contributed by atoms with Crippen molar-refractivity contribution in [1.29, 1.82) is 0 Å². The molecule has 7 nitrogen and oxygen atoms in total. The number of carbonyl (C=O) groups is 2. The van der Waals surface area contributed by atoms with Crippen molar-refractivity contribution in [2.45, 2.75) is 51.7 Å². The van der Waals surface area contributed by atoms with Gasteiger partial charge in [0.15, 0.2) is 0 Å². The van der Waals surface area contributed by atoms with Gasteiger partial charge in [-0.15, -0.1) is 0 Å². The Morgan fingerprint density at radius 1 is 1.14 bits per heavy atom. The average molecular weight is 480 g/mol. The molecule has 2 heterocycles. The molecule has 35 heavy (non-hydrogen) atoms. The van der Waals surface area contributed by atoms with Crippen LogP contribution in [0.25, 0.3) is 5.76 Å². The first-order chi connectivity index (χ1) is 16.9. The third kappa shape index (κ3) is 5.20. The Balaban J connectivity index is 1.76. The monoisotopic (exact) mass is 479 g/mol. The van der Waals surface area contributed by atoms with Gasteiger partial charge in [-0.1, -0.05) is 25.5 Å². The molecule has 0 bridgehead atoms. The van der Waals surface area contributed by atoms with Crippen LogP contribution in [0.15, 0.2) is 48.0 Å². The molecule has 2 aromatic carbocycles. The molecule has 1 N–H and O–H groups in total. The van der Waals surface area contributed by atoms with E-state index in [-0.39, 0.29) is 17.4 Å². The second-order valence-electron chi connectivity index (χ2n) is 9.07. The minimum absolute atomic E-state index is 0.0595. The summed E-state index contributed by atoms with van der Waals surface area (Å²) in [6.07, 6.45) is 3.30. The van der Waals surface area contributed by atoms with E-state index in [1.165, 1.54) is 4.90 Å². The van der Waals surface area contributed by atoms with E-state index in [0.717, 1.165) is 36.1 Å². The molecule has 0 aliphatic carbocycles. The molecular weight excluding hydrogens is 446 g/mol. The van der Waals surface area contributed by atoms with Crippen LogP contribution in [0.5, 0.6) is 11.5 Å². The van der Waals surface area contributed by atoms with Crippen molar-refractivity contribution < 1.29 is 28.9 Å². The van der Waals surface area contributed by atoms with Crippen LogP contribution < -0.4 is 9.47 Å². The molecule has 0 radical (unpaired) electrons. The summed E-state index contributed by atoms with van der Waals surface area (Å²) < 4.78 is 16.8. The summed E-state index contributed by atoms with van der Waals surface area (Å²) in [5, 5.41) is 11.4. The van der Waals surface area contributed by atoms with Gasteiger partial charge in [0, 0.05) is 32.2 Å². The van der Waals surface area contributed by atoms with E-state index >= 15 is 0 Å². The highest BCUT2D eigenvalue weighted by atomic mass is 16.5. The highest BCUT2D eigenvalue weighted by Crippen LogP contribution is 2.41. The SMILES string of the molecule is CCCCOc1cccc([C@@H]2C(=C(O)c3ccc4c(c3)C[C@H](C)O4)C(=O)C(=O)N2CCCOC)c1. The molecule has 2 aliphatic rings. The van der Waals surface area contributed by atoms with E-state index in [1.807, 2.05) is 37.3 Å². The van der Waals surface area contributed by atoms with Gasteiger partial charge in [0.1, 0.15) is 23.4 Å². The number of ether oxygens (including phenoxy) is 3. The molecule has 2 aromatic rings. The smallest absolute Gasteiger partial charge is 0.295 e. The molecule has 0 unspecified atom stereocenters. The van der Waals surface area contributed by atoms with Crippen LogP contribution in [0.4, 0.5) is 0 Å². The van der Waals surface area contributed by atoms with E-state index in [2.05, 4.69) is 6.92 Å². The number of hydrogen-bond acceptors (Lipinski definition) is 6. The van der Waals surface area contributed by atoms with Crippen LogP contribution >= 0.6 is 0 Å². The van der Waals surface area contributed by atoms with Crippen molar-refractivity contribution in [2.24, 2.45) is 0 Å². The Morgan fingerprint density at radius 2 is 1.97 bits per heavy atom. The Hall–Kier alpha value is -3.32. The highest BCUT2D eigenvalue weighted by Gasteiger charge is 2.46. The van der Waals surface area contributed by atoms with Gasteiger partial charge in [-0.05, 0) is 61.2 Å². The van der Waals surface area contributed by atoms with E-state index in [9.17, 15) is 14.7 Å². The van der Waals surface area contributed by atoms with Crippen LogP contribution in [-0.4, -0.2) is 54.7 Å². The Labute approximate surface area is 206 Å². The molecule has 1 amide bonds. The van der Waals surface area contributed by atoms with Gasteiger partial charge in [0.2, 0.25) is 0 Å². The lowest BCUT2D eigenvalue weighted by Crippen LogP contribution is -2.31. The zero-order chi connectivity index (χ0) is 24.9. The van der Waals surface area contributed by atoms with Gasteiger partial charge < -0.3 is 24.2 Å². The number of rotatable bonds is 10. The summed E-state index contributed by atoms with van der Waals surface area (Å²) in [5.74, 6) is -0.0395. The summed E-state index contributed by atoms with van der Waals surface area (Å²) in [7, 11) is 1.60. The topological polar surface area (TPSA) is 85.3 Å². The molecule has 7 heteroatoms. The first-order valence-corrected chi connectivity index (χ1v) is 12.2. The lowest BCUT2D eigenvalue weighted by Gasteiger charge is -2.25. The molecule has 2 aliphatic heterocycles. The van der Waals surface area contributed by atoms with Crippen LogP contribution in [0.2, 0.25) is 0 Å². The van der Waals surface area contributed by atoms with E-state index in [4.69, 9.17) is 14.2 Å². The summed E-state index contributed by atoms with van der Waals surface area (Å²) in [4.78, 5) is 27.9. The van der Waals surface area contributed by atoms with Gasteiger partial charge in [-0.25, -0.2) is 0 Å². The standard InChI is InChI=1S/C28H33NO6/c1-4-5-14-34-22-9-6-8-19(17-22)25-24(27(31)28(32)29(25)12-7-13-33-3)26(30)20-10-11-23-21(16-20)15-18(2)35-23/h6,8-11,16-18,25,30H,4-5,7,12-15H2,1-3H3/t18-,25+/m0/s1. The number of ketones is 1. The number of methoxy groups -OCH3 is 1.